The van der Waals surface area contributed by atoms with E-state index in [4.69, 9.17) is 32.7 Å². The molecule has 1 N–H and O–H groups in total. The van der Waals surface area contributed by atoms with Crippen molar-refractivity contribution in [2.24, 2.45) is 0 Å². The van der Waals surface area contributed by atoms with Crippen LogP contribution in [0, 0.1) is 0 Å². The van der Waals surface area contributed by atoms with Gasteiger partial charge in [0.2, 0.25) is 0 Å². The largest absolute Gasteiger partial charge is 0.496 e. The molecular weight excluding hydrogens is 341 g/mol. The number of hydrogen-bond acceptors (Lipinski definition) is 4. The number of amides is 1. The van der Waals surface area contributed by atoms with Crippen molar-refractivity contribution in [1.82, 2.24) is 0 Å². The SMILES string of the molecule is COc1ccc(Cl)cc1C(=O)OCC(=O)Nc1ccc(Cl)cc1. The fourth-order valence-electron chi connectivity index (χ4n) is 1.78. The Labute approximate surface area is 143 Å². The summed E-state index contributed by atoms with van der Waals surface area (Å²) in [4.78, 5) is 23.8. The van der Waals surface area contributed by atoms with Crippen LogP contribution in [0.1, 0.15) is 10.4 Å². The van der Waals surface area contributed by atoms with E-state index < -0.39 is 18.5 Å². The van der Waals surface area contributed by atoms with Crippen LogP contribution in [0.5, 0.6) is 5.75 Å². The summed E-state index contributed by atoms with van der Waals surface area (Å²) < 4.78 is 10.0. The second kappa shape index (κ2) is 7.85. The van der Waals surface area contributed by atoms with Crippen LogP contribution in [-0.2, 0) is 9.53 Å². The first-order valence-electron chi connectivity index (χ1n) is 6.55. The van der Waals surface area contributed by atoms with Gasteiger partial charge in [0, 0.05) is 15.7 Å². The molecule has 0 fully saturated rings. The summed E-state index contributed by atoms with van der Waals surface area (Å²) in [7, 11) is 1.42. The normalized spacial score (nSPS) is 10.0. The third-order valence-corrected chi connectivity index (χ3v) is 3.33. The Kier molecular flexibility index (Phi) is 5.84. The molecule has 0 spiro atoms. The minimum Gasteiger partial charge on any atom is -0.496 e. The van der Waals surface area contributed by atoms with Gasteiger partial charge in [0.05, 0.1) is 7.11 Å². The van der Waals surface area contributed by atoms with Gasteiger partial charge in [-0.1, -0.05) is 23.2 Å². The predicted molar refractivity (Wildman–Crippen MR) is 88.4 cm³/mol. The molecule has 0 aliphatic rings. The van der Waals surface area contributed by atoms with Gasteiger partial charge in [-0.15, -0.1) is 0 Å². The molecular formula is C16H13Cl2NO4. The molecule has 0 unspecified atom stereocenters. The summed E-state index contributed by atoms with van der Waals surface area (Å²) in [6.07, 6.45) is 0. The quantitative estimate of drug-likeness (QED) is 0.830. The molecule has 2 aromatic carbocycles. The number of carbonyl (C=O) groups excluding carboxylic acids is 2. The van der Waals surface area contributed by atoms with E-state index in [-0.39, 0.29) is 5.56 Å². The second-order valence-electron chi connectivity index (χ2n) is 4.48. The van der Waals surface area contributed by atoms with Gasteiger partial charge in [-0.2, -0.15) is 0 Å². The molecule has 2 aromatic rings. The summed E-state index contributed by atoms with van der Waals surface area (Å²) in [5.41, 5.74) is 0.704. The first-order chi connectivity index (χ1) is 11.0. The number of methoxy groups -OCH3 is 1. The molecule has 7 heteroatoms. The maximum Gasteiger partial charge on any atom is 0.342 e. The molecule has 0 atom stereocenters. The van der Waals surface area contributed by atoms with Gasteiger partial charge in [-0.3, -0.25) is 4.79 Å². The molecule has 0 saturated heterocycles. The maximum absolute atomic E-state index is 12.0. The van der Waals surface area contributed by atoms with E-state index in [2.05, 4.69) is 5.32 Å². The van der Waals surface area contributed by atoms with Gasteiger partial charge in [-0.25, -0.2) is 4.79 Å². The van der Waals surface area contributed by atoms with Gasteiger partial charge in [0.15, 0.2) is 6.61 Å². The number of hydrogen-bond donors (Lipinski definition) is 1. The number of esters is 1. The van der Waals surface area contributed by atoms with Crippen LogP contribution in [0.4, 0.5) is 5.69 Å². The van der Waals surface area contributed by atoms with E-state index in [0.29, 0.717) is 21.5 Å². The molecule has 0 bridgehead atoms. The average molecular weight is 354 g/mol. The third kappa shape index (κ3) is 4.87. The van der Waals surface area contributed by atoms with Gasteiger partial charge in [0.25, 0.3) is 5.91 Å². The van der Waals surface area contributed by atoms with Crippen LogP contribution in [0.25, 0.3) is 0 Å². The first kappa shape index (κ1) is 17.1. The molecule has 1 amide bonds. The van der Waals surface area contributed by atoms with E-state index in [9.17, 15) is 9.59 Å². The van der Waals surface area contributed by atoms with Crippen molar-refractivity contribution in [3.05, 3.63) is 58.1 Å². The third-order valence-electron chi connectivity index (χ3n) is 2.84. The van der Waals surface area contributed by atoms with Gasteiger partial charge in [-0.05, 0) is 42.5 Å². The van der Waals surface area contributed by atoms with Crippen LogP contribution in [-0.4, -0.2) is 25.6 Å². The summed E-state index contributed by atoms with van der Waals surface area (Å²) in [6.45, 7) is -0.433. The Morgan fingerprint density at radius 2 is 1.70 bits per heavy atom. The van der Waals surface area contributed by atoms with E-state index >= 15 is 0 Å². The Morgan fingerprint density at radius 1 is 1.04 bits per heavy atom. The lowest BCUT2D eigenvalue weighted by molar-refractivity contribution is -0.119. The van der Waals surface area contributed by atoms with E-state index in [1.807, 2.05) is 0 Å². The van der Waals surface area contributed by atoms with Crippen LogP contribution < -0.4 is 10.1 Å². The minimum absolute atomic E-state index is 0.152. The molecule has 23 heavy (non-hydrogen) atoms. The fourth-order valence-corrected chi connectivity index (χ4v) is 2.08. The molecule has 0 aliphatic carbocycles. The Hall–Kier alpha value is -2.24. The monoisotopic (exact) mass is 353 g/mol. The van der Waals surface area contributed by atoms with E-state index in [0.717, 1.165) is 0 Å². The molecule has 0 saturated carbocycles. The number of ether oxygens (including phenoxy) is 2. The highest BCUT2D eigenvalue weighted by molar-refractivity contribution is 6.31. The van der Waals surface area contributed by atoms with Crippen molar-refractivity contribution in [3.63, 3.8) is 0 Å². The summed E-state index contributed by atoms with van der Waals surface area (Å²) in [6, 6.07) is 11.1. The zero-order chi connectivity index (χ0) is 16.8. The van der Waals surface area contributed by atoms with Crippen molar-refractivity contribution in [2.45, 2.75) is 0 Å². The molecule has 5 nitrogen and oxygen atoms in total. The van der Waals surface area contributed by atoms with Gasteiger partial charge < -0.3 is 14.8 Å². The average Bonchev–Trinajstić information content (AvgIpc) is 2.54. The first-order valence-corrected chi connectivity index (χ1v) is 7.31. The molecule has 0 aliphatic heterocycles. The number of halogens is 2. The molecule has 2 rings (SSSR count). The van der Waals surface area contributed by atoms with Crippen molar-refractivity contribution < 1.29 is 19.1 Å². The van der Waals surface area contributed by atoms with Crippen molar-refractivity contribution in [1.29, 1.82) is 0 Å². The van der Waals surface area contributed by atoms with Crippen LogP contribution in [0.3, 0.4) is 0 Å². The standard InChI is InChI=1S/C16H13Cl2NO4/c1-22-14-7-4-11(18)8-13(14)16(21)23-9-15(20)19-12-5-2-10(17)3-6-12/h2-8H,9H2,1H3,(H,19,20). The highest BCUT2D eigenvalue weighted by Crippen LogP contribution is 2.23. The summed E-state index contributed by atoms with van der Waals surface area (Å²) in [5.74, 6) is -0.852. The number of anilines is 1. The van der Waals surface area contributed by atoms with Crippen molar-refractivity contribution >= 4 is 40.8 Å². The maximum atomic E-state index is 12.0. The Bertz CT molecular complexity index is 717. The number of nitrogens with one attached hydrogen (secondary N) is 1. The Balaban J connectivity index is 1.95. The molecule has 120 valence electrons. The van der Waals surface area contributed by atoms with Crippen LogP contribution in [0.2, 0.25) is 10.0 Å². The Morgan fingerprint density at radius 3 is 2.35 bits per heavy atom. The summed E-state index contributed by atoms with van der Waals surface area (Å²) in [5, 5.41) is 3.51. The van der Waals surface area contributed by atoms with E-state index in [1.54, 1.807) is 36.4 Å². The van der Waals surface area contributed by atoms with E-state index in [1.165, 1.54) is 13.2 Å². The lowest BCUT2D eigenvalue weighted by atomic mass is 10.2. The summed E-state index contributed by atoms with van der Waals surface area (Å²) >= 11 is 11.6. The molecule has 0 aromatic heterocycles. The van der Waals surface area contributed by atoms with Crippen molar-refractivity contribution in [2.75, 3.05) is 19.0 Å². The highest BCUT2D eigenvalue weighted by Gasteiger charge is 2.16. The number of benzene rings is 2. The highest BCUT2D eigenvalue weighted by atomic mass is 35.5. The van der Waals surface area contributed by atoms with Crippen molar-refractivity contribution in [3.8, 4) is 5.75 Å². The smallest absolute Gasteiger partial charge is 0.342 e. The second-order valence-corrected chi connectivity index (χ2v) is 5.35. The minimum atomic E-state index is -0.699. The molecule has 0 heterocycles. The fraction of sp³-hybridized carbons (Fsp3) is 0.125. The lowest BCUT2D eigenvalue weighted by Gasteiger charge is -2.09. The molecule has 0 radical (unpaired) electrons. The number of rotatable bonds is 5. The lowest BCUT2D eigenvalue weighted by Crippen LogP contribution is -2.21. The van der Waals surface area contributed by atoms with Crippen LogP contribution >= 0.6 is 23.2 Å². The topological polar surface area (TPSA) is 64.6 Å². The zero-order valence-electron chi connectivity index (χ0n) is 12.1. The van der Waals surface area contributed by atoms with Gasteiger partial charge in [0.1, 0.15) is 11.3 Å². The van der Waals surface area contributed by atoms with Gasteiger partial charge >= 0.3 is 5.97 Å². The number of carbonyl (C=O) groups is 2. The van der Waals surface area contributed by atoms with Crippen LogP contribution in [0.15, 0.2) is 42.5 Å². The zero-order valence-corrected chi connectivity index (χ0v) is 13.6. The predicted octanol–water partition coefficient (Wildman–Crippen LogP) is 3.80.